The van der Waals surface area contributed by atoms with E-state index >= 15 is 0 Å². The summed E-state index contributed by atoms with van der Waals surface area (Å²) in [5, 5.41) is 0. The van der Waals surface area contributed by atoms with Crippen molar-refractivity contribution in [2.45, 2.75) is 10.9 Å². The van der Waals surface area contributed by atoms with Crippen LogP contribution in [-0.2, 0) is 0 Å². The van der Waals surface area contributed by atoms with E-state index in [0.717, 1.165) is 15.6 Å². The van der Waals surface area contributed by atoms with Gasteiger partial charge >= 0.3 is 0 Å². The Morgan fingerprint density at radius 2 is 1.41 bits per heavy atom. The monoisotopic (exact) mass is 307 g/mol. The summed E-state index contributed by atoms with van der Waals surface area (Å²) in [6.45, 7) is 0. The van der Waals surface area contributed by atoms with E-state index in [2.05, 4.69) is 58.6 Å². The Bertz CT molecular complexity index is 479. The van der Waals surface area contributed by atoms with Crippen LogP contribution in [0.2, 0.25) is 0 Å². The van der Waals surface area contributed by atoms with Gasteiger partial charge in [0, 0.05) is 9.37 Å². The van der Waals surface area contributed by atoms with Gasteiger partial charge in [0.15, 0.2) is 0 Å². The van der Waals surface area contributed by atoms with Crippen molar-refractivity contribution >= 4 is 27.7 Å². The first-order chi connectivity index (χ1) is 8.20. The SMILES string of the molecule is CSc1ccc(C(N)c2ccc(Br)cc2)cc1. The molecule has 0 spiro atoms. The van der Waals surface area contributed by atoms with Crippen molar-refractivity contribution < 1.29 is 0 Å². The number of benzene rings is 2. The van der Waals surface area contributed by atoms with E-state index in [9.17, 15) is 0 Å². The number of nitrogens with two attached hydrogens (primary N) is 1. The smallest absolute Gasteiger partial charge is 0.0551 e. The second-order valence-corrected chi connectivity index (χ2v) is 5.60. The first-order valence-electron chi connectivity index (χ1n) is 5.35. The van der Waals surface area contributed by atoms with Gasteiger partial charge in [-0.1, -0.05) is 40.2 Å². The third kappa shape index (κ3) is 3.12. The predicted molar refractivity (Wildman–Crippen MR) is 78.4 cm³/mol. The van der Waals surface area contributed by atoms with Crippen molar-refractivity contribution in [2.24, 2.45) is 5.73 Å². The van der Waals surface area contributed by atoms with Crippen LogP contribution in [0.15, 0.2) is 57.9 Å². The van der Waals surface area contributed by atoms with Crippen LogP contribution in [0.1, 0.15) is 17.2 Å². The quantitative estimate of drug-likeness (QED) is 0.859. The molecule has 1 unspecified atom stereocenters. The molecule has 0 aliphatic carbocycles. The number of hydrogen-bond acceptors (Lipinski definition) is 2. The molecule has 2 aromatic rings. The lowest BCUT2D eigenvalue weighted by atomic mass is 10.00. The fraction of sp³-hybridized carbons (Fsp3) is 0.143. The van der Waals surface area contributed by atoms with Crippen molar-refractivity contribution in [1.29, 1.82) is 0 Å². The van der Waals surface area contributed by atoms with Crippen molar-refractivity contribution in [1.82, 2.24) is 0 Å². The first kappa shape index (κ1) is 12.7. The fourth-order valence-electron chi connectivity index (χ4n) is 1.67. The highest BCUT2D eigenvalue weighted by Gasteiger charge is 2.08. The minimum atomic E-state index is -0.0565. The number of thioether (sulfide) groups is 1. The Hall–Kier alpha value is -0.770. The fourth-order valence-corrected chi connectivity index (χ4v) is 2.35. The van der Waals surface area contributed by atoms with Crippen molar-refractivity contribution in [3.05, 3.63) is 64.1 Å². The van der Waals surface area contributed by atoms with E-state index in [1.165, 1.54) is 4.90 Å². The third-order valence-electron chi connectivity index (χ3n) is 2.70. The lowest BCUT2D eigenvalue weighted by Crippen LogP contribution is -2.11. The Balaban J connectivity index is 2.23. The van der Waals surface area contributed by atoms with Gasteiger partial charge in [-0.2, -0.15) is 0 Å². The van der Waals surface area contributed by atoms with Crippen LogP contribution in [0, 0.1) is 0 Å². The number of hydrogen-bond donors (Lipinski definition) is 1. The van der Waals surface area contributed by atoms with Gasteiger partial charge in [-0.15, -0.1) is 11.8 Å². The zero-order valence-corrected chi connectivity index (χ0v) is 12.0. The lowest BCUT2D eigenvalue weighted by molar-refractivity contribution is 0.869. The Morgan fingerprint density at radius 3 is 1.88 bits per heavy atom. The highest BCUT2D eigenvalue weighted by molar-refractivity contribution is 9.10. The molecule has 2 aromatic carbocycles. The maximum Gasteiger partial charge on any atom is 0.0551 e. The Labute approximate surface area is 115 Å². The topological polar surface area (TPSA) is 26.0 Å². The van der Waals surface area contributed by atoms with Crippen LogP contribution in [-0.4, -0.2) is 6.26 Å². The van der Waals surface area contributed by atoms with Gasteiger partial charge in [0.1, 0.15) is 0 Å². The average Bonchev–Trinajstić information content (AvgIpc) is 2.39. The minimum Gasteiger partial charge on any atom is -0.320 e. The van der Waals surface area contributed by atoms with E-state index in [0.29, 0.717) is 0 Å². The third-order valence-corrected chi connectivity index (χ3v) is 3.98. The van der Waals surface area contributed by atoms with Crippen LogP contribution in [0.25, 0.3) is 0 Å². The summed E-state index contributed by atoms with van der Waals surface area (Å²) in [4.78, 5) is 1.26. The average molecular weight is 308 g/mol. The standard InChI is InChI=1S/C14H14BrNS/c1-17-13-8-4-11(5-9-13)14(16)10-2-6-12(15)7-3-10/h2-9,14H,16H2,1H3. The molecule has 0 fully saturated rings. The molecule has 0 radical (unpaired) electrons. The van der Waals surface area contributed by atoms with Gasteiger partial charge in [0.25, 0.3) is 0 Å². The Morgan fingerprint density at radius 1 is 0.941 bits per heavy atom. The molecule has 0 aliphatic heterocycles. The molecule has 3 heteroatoms. The molecule has 0 heterocycles. The summed E-state index contributed by atoms with van der Waals surface area (Å²) in [7, 11) is 0. The lowest BCUT2D eigenvalue weighted by Gasteiger charge is -2.13. The number of rotatable bonds is 3. The zero-order chi connectivity index (χ0) is 12.3. The van der Waals surface area contributed by atoms with Gasteiger partial charge in [0.2, 0.25) is 0 Å². The molecule has 1 atom stereocenters. The molecule has 1 nitrogen and oxygen atoms in total. The highest BCUT2D eigenvalue weighted by atomic mass is 79.9. The first-order valence-corrected chi connectivity index (χ1v) is 7.37. The van der Waals surface area contributed by atoms with Crippen LogP contribution < -0.4 is 5.73 Å². The molecule has 0 amide bonds. The normalized spacial score (nSPS) is 12.4. The summed E-state index contributed by atoms with van der Waals surface area (Å²) in [5.41, 5.74) is 8.51. The van der Waals surface area contributed by atoms with E-state index in [1.54, 1.807) is 11.8 Å². The molecule has 0 saturated heterocycles. The summed E-state index contributed by atoms with van der Waals surface area (Å²) in [5.74, 6) is 0. The van der Waals surface area contributed by atoms with Gasteiger partial charge in [-0.3, -0.25) is 0 Å². The van der Waals surface area contributed by atoms with Gasteiger partial charge in [0.05, 0.1) is 6.04 Å². The van der Waals surface area contributed by atoms with Crippen molar-refractivity contribution in [2.75, 3.05) is 6.26 Å². The minimum absolute atomic E-state index is 0.0565. The van der Waals surface area contributed by atoms with E-state index in [4.69, 9.17) is 5.73 Å². The number of halogens is 1. The maximum atomic E-state index is 6.24. The molecule has 2 rings (SSSR count). The molecule has 88 valence electrons. The molecule has 0 bridgehead atoms. The summed E-state index contributed by atoms with van der Waals surface area (Å²) in [6, 6.07) is 16.5. The van der Waals surface area contributed by atoms with E-state index in [-0.39, 0.29) is 6.04 Å². The van der Waals surface area contributed by atoms with Crippen LogP contribution in [0.5, 0.6) is 0 Å². The molecule has 2 N–H and O–H groups in total. The molecule has 0 aromatic heterocycles. The van der Waals surface area contributed by atoms with E-state index in [1.807, 2.05) is 12.1 Å². The van der Waals surface area contributed by atoms with Crippen molar-refractivity contribution in [3.63, 3.8) is 0 Å². The van der Waals surface area contributed by atoms with Crippen LogP contribution >= 0.6 is 27.7 Å². The highest BCUT2D eigenvalue weighted by Crippen LogP contribution is 2.23. The summed E-state index contributed by atoms with van der Waals surface area (Å²) >= 11 is 5.17. The van der Waals surface area contributed by atoms with Gasteiger partial charge in [-0.25, -0.2) is 0 Å². The van der Waals surface area contributed by atoms with E-state index < -0.39 is 0 Å². The largest absolute Gasteiger partial charge is 0.320 e. The molecular formula is C14H14BrNS. The van der Waals surface area contributed by atoms with Crippen LogP contribution in [0.4, 0.5) is 0 Å². The summed E-state index contributed by atoms with van der Waals surface area (Å²) in [6.07, 6.45) is 2.07. The maximum absolute atomic E-state index is 6.24. The Kier molecular flexibility index (Phi) is 4.26. The molecule has 17 heavy (non-hydrogen) atoms. The molecular weight excluding hydrogens is 294 g/mol. The van der Waals surface area contributed by atoms with Gasteiger partial charge < -0.3 is 5.73 Å². The van der Waals surface area contributed by atoms with Crippen LogP contribution in [0.3, 0.4) is 0 Å². The summed E-state index contributed by atoms with van der Waals surface area (Å²) < 4.78 is 1.08. The van der Waals surface area contributed by atoms with Gasteiger partial charge in [-0.05, 0) is 41.6 Å². The second-order valence-electron chi connectivity index (χ2n) is 3.80. The van der Waals surface area contributed by atoms with Crippen molar-refractivity contribution in [3.8, 4) is 0 Å². The predicted octanol–water partition coefficient (Wildman–Crippen LogP) is 4.22. The second kappa shape index (κ2) is 5.71. The molecule has 0 aliphatic rings. The molecule has 0 saturated carbocycles. The zero-order valence-electron chi connectivity index (χ0n) is 9.56.